The molecule has 7 heteroatoms. The molecule has 0 bridgehead atoms. The van der Waals surface area contributed by atoms with Gasteiger partial charge in [-0.05, 0) is 43.2 Å². The van der Waals surface area contributed by atoms with E-state index in [2.05, 4.69) is 33.1 Å². The van der Waals surface area contributed by atoms with Crippen molar-refractivity contribution in [3.05, 3.63) is 65.7 Å². The molecule has 0 atom stereocenters. The smallest absolute Gasteiger partial charge is 0.251 e. The first kappa shape index (κ1) is 23.7. The van der Waals surface area contributed by atoms with Gasteiger partial charge in [0, 0.05) is 31.7 Å². The Balaban J connectivity index is 0.00000392. The second-order valence-corrected chi connectivity index (χ2v) is 5.91. The van der Waals surface area contributed by atoms with Crippen LogP contribution in [0.4, 0.5) is 0 Å². The minimum absolute atomic E-state index is 0. The predicted octanol–water partition coefficient (Wildman–Crippen LogP) is 2.84. The number of benzene rings is 2. The van der Waals surface area contributed by atoms with Crippen molar-refractivity contribution in [2.24, 2.45) is 4.99 Å². The van der Waals surface area contributed by atoms with Gasteiger partial charge in [-0.3, -0.25) is 9.79 Å². The summed E-state index contributed by atoms with van der Waals surface area (Å²) in [6.45, 7) is 4.62. The number of rotatable bonds is 9. The Hall–Kier alpha value is -2.29. The fourth-order valence-electron chi connectivity index (χ4n) is 2.48. The van der Waals surface area contributed by atoms with E-state index in [1.54, 1.807) is 31.4 Å². The third-order valence-corrected chi connectivity index (χ3v) is 3.91. The molecule has 0 fully saturated rings. The molecule has 2 aromatic rings. The largest absolute Gasteiger partial charge is 0.497 e. The van der Waals surface area contributed by atoms with Gasteiger partial charge in [-0.25, -0.2) is 0 Å². The average molecular weight is 496 g/mol. The number of hydrogen-bond donors (Lipinski definition) is 3. The van der Waals surface area contributed by atoms with Crippen molar-refractivity contribution in [1.82, 2.24) is 16.0 Å². The van der Waals surface area contributed by atoms with Crippen LogP contribution in [0.5, 0.6) is 5.75 Å². The lowest BCUT2D eigenvalue weighted by molar-refractivity contribution is 0.0954. The van der Waals surface area contributed by atoms with E-state index >= 15 is 0 Å². The Kier molecular flexibility index (Phi) is 11.7. The van der Waals surface area contributed by atoms with Crippen LogP contribution >= 0.6 is 24.0 Å². The molecular weight excluding hydrogens is 467 g/mol. The van der Waals surface area contributed by atoms with Crippen molar-refractivity contribution in [3.8, 4) is 5.75 Å². The van der Waals surface area contributed by atoms with Crippen LogP contribution in [0.1, 0.15) is 22.8 Å². The molecule has 0 saturated heterocycles. The van der Waals surface area contributed by atoms with Crippen LogP contribution in [0.2, 0.25) is 0 Å². The van der Waals surface area contributed by atoms with Gasteiger partial charge in [0.15, 0.2) is 5.96 Å². The molecule has 152 valence electrons. The van der Waals surface area contributed by atoms with E-state index < -0.39 is 0 Å². The molecule has 1 amide bonds. The Labute approximate surface area is 184 Å². The molecule has 0 aliphatic carbocycles. The Morgan fingerprint density at radius 3 is 2.29 bits per heavy atom. The number of nitrogens with one attached hydrogen (secondary N) is 3. The van der Waals surface area contributed by atoms with Gasteiger partial charge in [0.05, 0.1) is 7.11 Å². The average Bonchev–Trinajstić information content (AvgIpc) is 2.71. The lowest BCUT2D eigenvalue weighted by atomic mass is 10.2. The van der Waals surface area contributed by atoms with E-state index in [-0.39, 0.29) is 29.9 Å². The summed E-state index contributed by atoms with van der Waals surface area (Å²) < 4.78 is 5.10. The summed E-state index contributed by atoms with van der Waals surface area (Å²) in [4.78, 5) is 16.7. The van der Waals surface area contributed by atoms with Crippen molar-refractivity contribution in [2.75, 3.05) is 33.3 Å². The van der Waals surface area contributed by atoms with Gasteiger partial charge in [-0.2, -0.15) is 0 Å². The second kappa shape index (κ2) is 13.8. The Bertz CT molecular complexity index is 721. The van der Waals surface area contributed by atoms with E-state index in [0.717, 1.165) is 24.7 Å². The monoisotopic (exact) mass is 496 g/mol. The molecule has 0 aliphatic rings. The van der Waals surface area contributed by atoms with Crippen molar-refractivity contribution in [3.63, 3.8) is 0 Å². The summed E-state index contributed by atoms with van der Waals surface area (Å²) in [5.74, 6) is 1.38. The third-order valence-electron chi connectivity index (χ3n) is 3.91. The number of guanidine groups is 1. The zero-order valence-corrected chi connectivity index (χ0v) is 18.7. The van der Waals surface area contributed by atoms with E-state index in [1.165, 1.54) is 5.56 Å². The highest BCUT2D eigenvalue weighted by atomic mass is 127. The van der Waals surface area contributed by atoms with Gasteiger partial charge in [0.1, 0.15) is 5.75 Å². The summed E-state index contributed by atoms with van der Waals surface area (Å²) in [6.07, 6.45) is 0.894. The molecule has 2 rings (SSSR count). The van der Waals surface area contributed by atoms with Crippen molar-refractivity contribution in [1.29, 1.82) is 0 Å². The highest BCUT2D eigenvalue weighted by Gasteiger charge is 2.05. The van der Waals surface area contributed by atoms with E-state index in [0.29, 0.717) is 25.2 Å². The topological polar surface area (TPSA) is 74.8 Å². The van der Waals surface area contributed by atoms with Gasteiger partial charge in [0.2, 0.25) is 0 Å². The Morgan fingerprint density at radius 2 is 1.64 bits per heavy atom. The van der Waals surface area contributed by atoms with Crippen LogP contribution in [0, 0.1) is 0 Å². The standard InChI is InChI=1S/C21H28N4O2.HI/c1-3-22-21(24-14-13-17-7-5-4-6-8-17)25-16-15-23-20(26)18-9-11-19(27-2)12-10-18;/h4-12H,3,13-16H2,1-2H3,(H,23,26)(H2,22,24,25);1H. The normalized spacial score (nSPS) is 10.6. The number of carbonyl (C=O) groups excluding carboxylic acids is 1. The molecular formula is C21H29IN4O2. The maximum Gasteiger partial charge on any atom is 0.251 e. The first-order chi connectivity index (χ1) is 13.2. The van der Waals surface area contributed by atoms with Gasteiger partial charge in [-0.1, -0.05) is 30.3 Å². The lowest BCUT2D eigenvalue weighted by Crippen LogP contribution is -2.41. The molecule has 0 unspecified atom stereocenters. The summed E-state index contributed by atoms with van der Waals surface area (Å²) in [6, 6.07) is 17.3. The molecule has 0 aliphatic heterocycles. The fourth-order valence-corrected chi connectivity index (χ4v) is 2.48. The minimum Gasteiger partial charge on any atom is -0.497 e. The molecule has 28 heavy (non-hydrogen) atoms. The van der Waals surface area contributed by atoms with Crippen LogP contribution < -0.4 is 20.7 Å². The van der Waals surface area contributed by atoms with E-state index in [9.17, 15) is 4.79 Å². The van der Waals surface area contributed by atoms with Crippen LogP contribution in [-0.2, 0) is 6.42 Å². The molecule has 0 saturated carbocycles. The van der Waals surface area contributed by atoms with Gasteiger partial charge in [-0.15, -0.1) is 24.0 Å². The maximum atomic E-state index is 12.1. The quantitative estimate of drug-likeness (QED) is 0.216. The van der Waals surface area contributed by atoms with Crippen LogP contribution in [0.25, 0.3) is 0 Å². The lowest BCUT2D eigenvalue weighted by Gasteiger charge is -2.12. The van der Waals surface area contributed by atoms with Crippen molar-refractivity contribution in [2.45, 2.75) is 13.3 Å². The molecule has 0 aromatic heterocycles. The number of amides is 1. The zero-order chi connectivity index (χ0) is 19.3. The SMILES string of the molecule is CCNC(=NCCc1ccccc1)NCCNC(=O)c1ccc(OC)cc1.I. The van der Waals surface area contributed by atoms with Gasteiger partial charge >= 0.3 is 0 Å². The number of nitrogens with zero attached hydrogens (tertiary/aromatic N) is 1. The van der Waals surface area contributed by atoms with Crippen molar-refractivity contribution >= 4 is 35.8 Å². The first-order valence-electron chi connectivity index (χ1n) is 9.21. The van der Waals surface area contributed by atoms with Gasteiger partial charge < -0.3 is 20.7 Å². The molecule has 0 spiro atoms. The molecule has 6 nitrogen and oxygen atoms in total. The van der Waals surface area contributed by atoms with Crippen LogP contribution in [0.15, 0.2) is 59.6 Å². The fraction of sp³-hybridized carbons (Fsp3) is 0.333. The third kappa shape index (κ3) is 8.60. The van der Waals surface area contributed by atoms with Gasteiger partial charge in [0.25, 0.3) is 5.91 Å². The van der Waals surface area contributed by atoms with Crippen molar-refractivity contribution < 1.29 is 9.53 Å². The van der Waals surface area contributed by atoms with Crippen LogP contribution in [-0.4, -0.2) is 45.2 Å². The van der Waals surface area contributed by atoms with E-state index in [1.807, 2.05) is 25.1 Å². The number of methoxy groups -OCH3 is 1. The van der Waals surface area contributed by atoms with E-state index in [4.69, 9.17) is 4.74 Å². The molecule has 0 radical (unpaired) electrons. The zero-order valence-electron chi connectivity index (χ0n) is 16.4. The molecule has 2 aromatic carbocycles. The highest BCUT2D eigenvalue weighted by molar-refractivity contribution is 14.0. The number of halogens is 1. The summed E-state index contributed by atoms with van der Waals surface area (Å²) >= 11 is 0. The summed E-state index contributed by atoms with van der Waals surface area (Å²) in [5, 5.41) is 9.34. The summed E-state index contributed by atoms with van der Waals surface area (Å²) in [5.41, 5.74) is 1.88. The number of carbonyl (C=O) groups is 1. The van der Waals surface area contributed by atoms with Crippen LogP contribution in [0.3, 0.4) is 0 Å². The minimum atomic E-state index is -0.106. The second-order valence-electron chi connectivity index (χ2n) is 5.91. The maximum absolute atomic E-state index is 12.1. The number of ether oxygens (including phenoxy) is 1. The highest BCUT2D eigenvalue weighted by Crippen LogP contribution is 2.10. The Morgan fingerprint density at radius 1 is 0.964 bits per heavy atom. The number of aliphatic imine (C=N–C) groups is 1. The number of hydrogen-bond acceptors (Lipinski definition) is 3. The molecule has 0 heterocycles. The molecule has 3 N–H and O–H groups in total. The summed E-state index contributed by atoms with van der Waals surface area (Å²) in [7, 11) is 1.60. The first-order valence-corrected chi connectivity index (χ1v) is 9.21. The predicted molar refractivity (Wildman–Crippen MR) is 125 cm³/mol.